The number of unbranched alkanes of at least 4 members (excludes halogenated alkanes) is 9. The number of nitrogens with zero attached hydrogens (tertiary/aromatic N) is 1. The summed E-state index contributed by atoms with van der Waals surface area (Å²) in [5.41, 5.74) is 2.26. The minimum Gasteiger partial charge on any atom is -0.507 e. The fourth-order valence-corrected chi connectivity index (χ4v) is 5.49. The van der Waals surface area contributed by atoms with Crippen molar-refractivity contribution in [3.8, 4) is 16.3 Å². The van der Waals surface area contributed by atoms with E-state index in [-0.39, 0.29) is 11.7 Å². The van der Waals surface area contributed by atoms with Crippen LogP contribution in [0.15, 0.2) is 54.6 Å². The van der Waals surface area contributed by atoms with Gasteiger partial charge < -0.3 is 10.4 Å². The zero-order valence-electron chi connectivity index (χ0n) is 20.7. The second-order valence-corrected chi connectivity index (χ2v) is 10.4. The molecule has 0 fully saturated rings. The largest absolute Gasteiger partial charge is 0.507 e. The number of hydrogen-bond donors (Lipinski definition) is 2. The Morgan fingerprint density at radius 1 is 0.857 bits per heavy atom. The first-order valence-electron chi connectivity index (χ1n) is 13.1. The van der Waals surface area contributed by atoms with E-state index >= 15 is 0 Å². The molecule has 1 aromatic heterocycles. The van der Waals surface area contributed by atoms with Gasteiger partial charge in [-0.15, -0.1) is 11.3 Å². The van der Waals surface area contributed by atoms with Crippen molar-refractivity contribution in [1.82, 2.24) is 10.3 Å². The van der Waals surface area contributed by atoms with Crippen molar-refractivity contribution in [2.75, 3.05) is 6.54 Å². The highest BCUT2D eigenvalue weighted by atomic mass is 32.1. The van der Waals surface area contributed by atoms with Crippen molar-refractivity contribution in [3.63, 3.8) is 0 Å². The van der Waals surface area contributed by atoms with E-state index in [1.165, 1.54) is 51.4 Å². The molecule has 0 spiro atoms. The maximum absolute atomic E-state index is 12.7. The maximum atomic E-state index is 12.7. The first-order chi connectivity index (χ1) is 17.2. The Balaban J connectivity index is 1.30. The van der Waals surface area contributed by atoms with E-state index in [0.717, 1.165) is 38.8 Å². The number of carbonyl (C=O) groups excluding carboxylic acids is 1. The molecular formula is C30H36N2O2S. The van der Waals surface area contributed by atoms with Crippen molar-refractivity contribution in [2.45, 2.75) is 71.1 Å². The third-order valence-electron chi connectivity index (χ3n) is 6.56. The molecule has 35 heavy (non-hydrogen) atoms. The van der Waals surface area contributed by atoms with Crippen LogP contribution >= 0.6 is 11.3 Å². The van der Waals surface area contributed by atoms with Crippen LogP contribution in [-0.4, -0.2) is 22.5 Å². The van der Waals surface area contributed by atoms with Crippen LogP contribution in [0.4, 0.5) is 0 Å². The van der Waals surface area contributed by atoms with Gasteiger partial charge in [0.15, 0.2) is 0 Å². The van der Waals surface area contributed by atoms with E-state index < -0.39 is 0 Å². The molecular weight excluding hydrogens is 452 g/mol. The van der Waals surface area contributed by atoms with Crippen LogP contribution in [0.25, 0.3) is 31.6 Å². The van der Waals surface area contributed by atoms with E-state index in [9.17, 15) is 9.90 Å². The lowest BCUT2D eigenvalue weighted by atomic mass is 10.0. The molecule has 4 rings (SSSR count). The van der Waals surface area contributed by atoms with Crippen molar-refractivity contribution >= 4 is 38.2 Å². The molecule has 1 heterocycles. The number of para-hydroxylation sites is 1. The van der Waals surface area contributed by atoms with Crippen LogP contribution in [0.5, 0.6) is 5.75 Å². The number of nitrogens with one attached hydrogen (secondary N) is 1. The summed E-state index contributed by atoms with van der Waals surface area (Å²) in [5.74, 6) is 0.159. The Labute approximate surface area is 212 Å². The SMILES string of the molecule is CCCCCCCCCCCCNC(=O)c1ccc2cc(O)c(-c3nc4ccccc4s3)cc2c1. The number of benzene rings is 3. The minimum absolute atomic E-state index is 0.0440. The summed E-state index contributed by atoms with van der Waals surface area (Å²) in [6.45, 7) is 2.96. The fraction of sp³-hybridized carbons (Fsp3) is 0.400. The zero-order valence-corrected chi connectivity index (χ0v) is 21.5. The van der Waals surface area contributed by atoms with E-state index in [0.29, 0.717) is 17.7 Å². The van der Waals surface area contributed by atoms with Gasteiger partial charge in [-0.25, -0.2) is 4.98 Å². The molecule has 0 aliphatic heterocycles. The zero-order chi connectivity index (χ0) is 24.5. The molecule has 2 N–H and O–H groups in total. The van der Waals surface area contributed by atoms with E-state index in [1.54, 1.807) is 17.4 Å². The molecule has 0 saturated carbocycles. The fourth-order valence-electron chi connectivity index (χ4n) is 4.50. The highest BCUT2D eigenvalue weighted by Gasteiger charge is 2.13. The predicted molar refractivity (Wildman–Crippen MR) is 148 cm³/mol. The number of thiazole rings is 1. The predicted octanol–water partition coefficient (Wildman–Crippen LogP) is 8.47. The molecule has 0 radical (unpaired) electrons. The lowest BCUT2D eigenvalue weighted by Crippen LogP contribution is -2.24. The number of phenolic OH excluding ortho intramolecular Hbond substituents is 1. The van der Waals surface area contributed by atoms with Crippen LogP contribution in [0.3, 0.4) is 0 Å². The summed E-state index contributed by atoms with van der Waals surface area (Å²) < 4.78 is 1.09. The summed E-state index contributed by atoms with van der Waals surface area (Å²) in [4.78, 5) is 17.4. The normalized spacial score (nSPS) is 11.3. The summed E-state index contributed by atoms with van der Waals surface area (Å²) >= 11 is 1.56. The molecule has 184 valence electrons. The standard InChI is InChI=1S/C30H36N2O2S/c1-2-3-4-5-6-7-8-9-10-13-18-31-29(34)23-17-16-22-21-27(33)25(20-24(22)19-23)30-32-26-14-11-12-15-28(26)35-30/h11-12,14-17,19-21,33H,2-10,13,18H2,1H3,(H,31,34). The van der Waals surface area contributed by atoms with Gasteiger partial charge in [-0.3, -0.25) is 4.79 Å². The Hall–Kier alpha value is -2.92. The van der Waals surface area contributed by atoms with Gasteiger partial charge >= 0.3 is 0 Å². The van der Waals surface area contributed by atoms with Crippen LogP contribution in [0, 0.1) is 0 Å². The Kier molecular flexibility index (Phi) is 9.13. The van der Waals surface area contributed by atoms with Crippen molar-refractivity contribution in [2.24, 2.45) is 0 Å². The van der Waals surface area contributed by atoms with Gasteiger partial charge in [0.1, 0.15) is 10.8 Å². The molecule has 4 nitrogen and oxygen atoms in total. The Bertz CT molecular complexity index is 1230. The van der Waals surface area contributed by atoms with Gasteiger partial charge in [0.2, 0.25) is 0 Å². The lowest BCUT2D eigenvalue weighted by Gasteiger charge is -2.08. The van der Waals surface area contributed by atoms with Crippen LogP contribution in [-0.2, 0) is 0 Å². The summed E-state index contributed by atoms with van der Waals surface area (Å²) in [7, 11) is 0. The topological polar surface area (TPSA) is 62.2 Å². The third kappa shape index (κ3) is 6.82. The first-order valence-corrected chi connectivity index (χ1v) is 13.9. The van der Waals surface area contributed by atoms with Gasteiger partial charge in [-0.05, 0) is 53.6 Å². The molecule has 1 amide bonds. The number of phenols is 1. The first kappa shape index (κ1) is 25.2. The quantitative estimate of drug-likeness (QED) is 0.186. The Morgan fingerprint density at radius 2 is 1.57 bits per heavy atom. The molecule has 5 heteroatoms. The third-order valence-corrected chi connectivity index (χ3v) is 7.63. The van der Waals surface area contributed by atoms with Gasteiger partial charge in [0, 0.05) is 12.1 Å². The molecule has 0 atom stereocenters. The average molecular weight is 489 g/mol. The van der Waals surface area contributed by atoms with Gasteiger partial charge in [-0.1, -0.05) is 82.9 Å². The number of aromatic hydroxyl groups is 1. The maximum Gasteiger partial charge on any atom is 0.251 e. The number of carbonyl (C=O) groups is 1. The molecule has 0 aliphatic carbocycles. The average Bonchev–Trinajstić information content (AvgIpc) is 3.30. The van der Waals surface area contributed by atoms with Crippen molar-refractivity contribution in [1.29, 1.82) is 0 Å². The summed E-state index contributed by atoms with van der Waals surface area (Å²) in [6, 6.07) is 17.3. The number of amides is 1. The van der Waals surface area contributed by atoms with E-state index in [2.05, 4.69) is 17.2 Å². The number of rotatable bonds is 13. The minimum atomic E-state index is -0.0440. The smallest absolute Gasteiger partial charge is 0.251 e. The number of fused-ring (bicyclic) bond motifs is 2. The molecule has 0 unspecified atom stereocenters. The molecule has 3 aromatic carbocycles. The molecule has 0 bridgehead atoms. The molecule has 0 saturated heterocycles. The van der Waals surface area contributed by atoms with Gasteiger partial charge in [0.25, 0.3) is 5.91 Å². The van der Waals surface area contributed by atoms with Crippen LogP contribution < -0.4 is 5.32 Å². The van der Waals surface area contributed by atoms with Crippen molar-refractivity contribution < 1.29 is 9.90 Å². The highest BCUT2D eigenvalue weighted by molar-refractivity contribution is 7.21. The van der Waals surface area contributed by atoms with Crippen molar-refractivity contribution in [3.05, 3.63) is 60.2 Å². The lowest BCUT2D eigenvalue weighted by molar-refractivity contribution is 0.0953. The van der Waals surface area contributed by atoms with Crippen LogP contribution in [0.2, 0.25) is 0 Å². The highest BCUT2D eigenvalue weighted by Crippen LogP contribution is 2.37. The summed E-state index contributed by atoms with van der Waals surface area (Å²) in [6.07, 6.45) is 12.8. The van der Waals surface area contributed by atoms with E-state index in [4.69, 9.17) is 0 Å². The monoisotopic (exact) mass is 488 g/mol. The molecule has 4 aromatic rings. The molecule has 0 aliphatic rings. The second-order valence-electron chi connectivity index (χ2n) is 9.36. The van der Waals surface area contributed by atoms with Gasteiger partial charge in [-0.2, -0.15) is 0 Å². The van der Waals surface area contributed by atoms with Crippen LogP contribution in [0.1, 0.15) is 81.5 Å². The van der Waals surface area contributed by atoms with E-state index in [1.807, 2.05) is 48.5 Å². The summed E-state index contributed by atoms with van der Waals surface area (Å²) in [5, 5.41) is 16.3. The Morgan fingerprint density at radius 3 is 2.31 bits per heavy atom. The number of aromatic nitrogens is 1. The van der Waals surface area contributed by atoms with Gasteiger partial charge in [0.05, 0.1) is 15.8 Å². The second kappa shape index (κ2) is 12.7. The number of hydrogen-bond acceptors (Lipinski definition) is 4.